The van der Waals surface area contributed by atoms with Gasteiger partial charge < -0.3 is 25.8 Å². The molecule has 4 N–H and O–H groups in total. The van der Waals surface area contributed by atoms with Gasteiger partial charge in [0.2, 0.25) is 0 Å². The molecule has 5 rings (SSSR count). The monoisotopic (exact) mass is 444 g/mol. The van der Waals surface area contributed by atoms with Crippen LogP contribution < -0.4 is 16.0 Å². The number of rotatable bonds is 5. The number of nitrogens with two attached hydrogens (primary N) is 1. The summed E-state index contributed by atoms with van der Waals surface area (Å²) < 4.78 is 0. The van der Waals surface area contributed by atoms with E-state index in [1.165, 1.54) is 0 Å². The summed E-state index contributed by atoms with van der Waals surface area (Å²) in [6.45, 7) is 5.02. The molecule has 1 aromatic carbocycles. The number of piperazine rings is 1. The second-order valence-electron chi connectivity index (χ2n) is 8.55. The summed E-state index contributed by atoms with van der Waals surface area (Å²) >= 11 is 0. The molecule has 8 nitrogen and oxygen atoms in total. The highest BCUT2D eigenvalue weighted by atomic mass is 16.2. The highest BCUT2D eigenvalue weighted by molar-refractivity contribution is 6.00. The summed E-state index contributed by atoms with van der Waals surface area (Å²) in [7, 11) is 0. The Morgan fingerprint density at radius 3 is 2.33 bits per heavy atom. The first-order chi connectivity index (χ1) is 16.1. The zero-order valence-corrected chi connectivity index (χ0v) is 18.5. The molecule has 4 heterocycles. The van der Waals surface area contributed by atoms with Gasteiger partial charge in [-0.15, -0.1) is 0 Å². The van der Waals surface area contributed by atoms with Gasteiger partial charge in [-0.2, -0.15) is 0 Å². The molecule has 0 radical (unpaired) electrons. The van der Waals surface area contributed by atoms with Gasteiger partial charge in [-0.3, -0.25) is 14.6 Å². The average molecular weight is 445 g/mol. The number of benzene rings is 1. The van der Waals surface area contributed by atoms with Gasteiger partial charge in [0.05, 0.1) is 11.3 Å². The molecule has 33 heavy (non-hydrogen) atoms. The summed E-state index contributed by atoms with van der Waals surface area (Å²) in [5.74, 6) is 0.410. The Balaban J connectivity index is 1.41. The number of nitrogens with one attached hydrogen (secondary N) is 2. The summed E-state index contributed by atoms with van der Waals surface area (Å²) in [5.41, 5.74) is 10.3. The van der Waals surface area contributed by atoms with Crippen molar-refractivity contribution in [1.29, 1.82) is 0 Å². The molecule has 0 aliphatic carbocycles. The fraction of sp³-hybridized carbons (Fsp3) is 0.320. The number of aromatic amines is 1. The Labute approximate surface area is 192 Å². The molecule has 0 spiro atoms. The molecular weight excluding hydrogens is 416 g/mol. The smallest absolute Gasteiger partial charge is 0.253 e. The minimum Gasteiger partial charge on any atom is -0.365 e. The van der Waals surface area contributed by atoms with Crippen LogP contribution in [0.25, 0.3) is 22.5 Å². The van der Waals surface area contributed by atoms with Gasteiger partial charge in [0.15, 0.2) is 0 Å². The quantitative estimate of drug-likeness (QED) is 0.561. The zero-order valence-electron chi connectivity index (χ0n) is 18.5. The second kappa shape index (κ2) is 9.07. The predicted octanol–water partition coefficient (Wildman–Crippen LogP) is 2.49. The van der Waals surface area contributed by atoms with Crippen molar-refractivity contribution < 1.29 is 9.59 Å². The summed E-state index contributed by atoms with van der Waals surface area (Å²) in [6.07, 6.45) is 3.91. The molecular formula is C25H28N6O2. The largest absolute Gasteiger partial charge is 0.365 e. The molecule has 0 unspecified atom stereocenters. The van der Waals surface area contributed by atoms with Crippen molar-refractivity contribution >= 4 is 17.6 Å². The fourth-order valence-electron chi connectivity index (χ4n) is 4.57. The number of hydrogen-bond donors (Lipinski definition) is 3. The van der Waals surface area contributed by atoms with Crippen LogP contribution in [0.1, 0.15) is 33.6 Å². The maximum Gasteiger partial charge on any atom is 0.253 e. The lowest BCUT2D eigenvalue weighted by Gasteiger charge is -2.28. The van der Waals surface area contributed by atoms with E-state index >= 15 is 0 Å². The van der Waals surface area contributed by atoms with Gasteiger partial charge in [0.1, 0.15) is 5.82 Å². The Morgan fingerprint density at radius 1 is 0.909 bits per heavy atom. The van der Waals surface area contributed by atoms with E-state index in [1.807, 2.05) is 47.4 Å². The van der Waals surface area contributed by atoms with Gasteiger partial charge in [-0.05, 0) is 43.2 Å². The maximum absolute atomic E-state index is 12.6. The molecule has 2 saturated heterocycles. The number of carbonyl (C=O) groups excluding carboxylic acids is 2. The Kier molecular flexibility index (Phi) is 5.83. The van der Waals surface area contributed by atoms with Crippen molar-refractivity contribution in [2.45, 2.75) is 12.8 Å². The Hall–Kier alpha value is -3.65. The number of amides is 2. The first kappa shape index (κ1) is 21.2. The van der Waals surface area contributed by atoms with Crippen LogP contribution >= 0.6 is 0 Å². The highest BCUT2D eigenvalue weighted by Crippen LogP contribution is 2.30. The Bertz CT molecular complexity index is 1160. The Morgan fingerprint density at radius 2 is 1.64 bits per heavy atom. The van der Waals surface area contributed by atoms with Crippen LogP contribution in [0.15, 0.2) is 48.7 Å². The first-order valence-electron chi connectivity index (χ1n) is 11.4. The SMILES string of the molecule is NC(=O)c1cc(-c2ccnc(-c3ccc(C(=O)N4CCCC4)cc3)c2)[nH]c1N1CCNCC1. The summed E-state index contributed by atoms with van der Waals surface area (Å²) in [6, 6.07) is 13.3. The van der Waals surface area contributed by atoms with E-state index in [1.54, 1.807) is 6.20 Å². The van der Waals surface area contributed by atoms with Gasteiger partial charge in [-0.1, -0.05) is 12.1 Å². The van der Waals surface area contributed by atoms with E-state index in [9.17, 15) is 9.59 Å². The third-order valence-corrected chi connectivity index (χ3v) is 6.39. The molecule has 170 valence electrons. The number of likely N-dealkylation sites (tertiary alicyclic amines) is 1. The van der Waals surface area contributed by atoms with Crippen LogP contribution in [-0.4, -0.2) is 66.0 Å². The molecule has 0 bridgehead atoms. The number of anilines is 1. The van der Waals surface area contributed by atoms with E-state index in [2.05, 4.69) is 20.2 Å². The number of pyridine rings is 1. The third kappa shape index (κ3) is 4.34. The number of carbonyl (C=O) groups is 2. The van der Waals surface area contributed by atoms with E-state index in [0.29, 0.717) is 11.1 Å². The molecule has 2 fully saturated rings. The van der Waals surface area contributed by atoms with Crippen molar-refractivity contribution in [3.05, 3.63) is 59.8 Å². The number of H-pyrrole nitrogens is 1. The van der Waals surface area contributed by atoms with Crippen LogP contribution in [0.2, 0.25) is 0 Å². The van der Waals surface area contributed by atoms with E-state index in [4.69, 9.17) is 5.73 Å². The predicted molar refractivity (Wildman–Crippen MR) is 128 cm³/mol. The van der Waals surface area contributed by atoms with Gasteiger partial charge >= 0.3 is 0 Å². The van der Waals surface area contributed by atoms with Gasteiger partial charge in [0.25, 0.3) is 11.8 Å². The number of primary amides is 1. The molecule has 0 saturated carbocycles. The average Bonchev–Trinajstić information content (AvgIpc) is 3.55. The number of nitrogens with zero attached hydrogens (tertiary/aromatic N) is 3. The molecule has 8 heteroatoms. The van der Waals surface area contributed by atoms with Crippen LogP contribution in [0.4, 0.5) is 5.82 Å². The third-order valence-electron chi connectivity index (χ3n) is 6.39. The molecule has 0 atom stereocenters. The molecule has 2 amide bonds. The van der Waals surface area contributed by atoms with Crippen LogP contribution in [0, 0.1) is 0 Å². The normalized spacial score (nSPS) is 16.2. The highest BCUT2D eigenvalue weighted by Gasteiger charge is 2.22. The van der Waals surface area contributed by atoms with Crippen molar-refractivity contribution in [3.63, 3.8) is 0 Å². The van der Waals surface area contributed by atoms with Crippen molar-refractivity contribution in [2.24, 2.45) is 5.73 Å². The van der Waals surface area contributed by atoms with E-state index < -0.39 is 5.91 Å². The maximum atomic E-state index is 12.6. The van der Waals surface area contributed by atoms with Crippen LogP contribution in [-0.2, 0) is 0 Å². The van der Waals surface area contributed by atoms with E-state index in [-0.39, 0.29) is 5.91 Å². The lowest BCUT2D eigenvalue weighted by molar-refractivity contribution is 0.0792. The van der Waals surface area contributed by atoms with Gasteiger partial charge in [0, 0.05) is 67.8 Å². The van der Waals surface area contributed by atoms with Crippen LogP contribution in [0.3, 0.4) is 0 Å². The fourth-order valence-corrected chi connectivity index (χ4v) is 4.57. The van der Waals surface area contributed by atoms with Crippen molar-refractivity contribution in [2.75, 3.05) is 44.2 Å². The molecule has 2 aliphatic rings. The molecule has 2 aliphatic heterocycles. The standard InChI is InChI=1S/C25H28N6O2/c26-23(32)20-16-22(29-24(20)30-13-9-27-10-14-30)19-7-8-28-21(15-19)17-3-5-18(6-4-17)25(33)31-11-1-2-12-31/h3-8,15-16,27,29H,1-2,9-14H2,(H2,26,32). The summed E-state index contributed by atoms with van der Waals surface area (Å²) in [5, 5.41) is 3.32. The van der Waals surface area contributed by atoms with Crippen LogP contribution in [0.5, 0.6) is 0 Å². The first-order valence-corrected chi connectivity index (χ1v) is 11.4. The van der Waals surface area contributed by atoms with Crippen molar-refractivity contribution in [3.8, 4) is 22.5 Å². The lowest BCUT2D eigenvalue weighted by Crippen LogP contribution is -2.44. The van der Waals surface area contributed by atoms with Gasteiger partial charge in [-0.25, -0.2) is 0 Å². The molecule has 3 aromatic rings. The topological polar surface area (TPSA) is 107 Å². The van der Waals surface area contributed by atoms with Crippen molar-refractivity contribution in [1.82, 2.24) is 20.2 Å². The summed E-state index contributed by atoms with van der Waals surface area (Å²) in [4.78, 5) is 36.7. The minimum absolute atomic E-state index is 0.0894. The lowest BCUT2D eigenvalue weighted by atomic mass is 10.0. The number of aromatic nitrogens is 2. The minimum atomic E-state index is -0.446. The second-order valence-corrected chi connectivity index (χ2v) is 8.55. The van der Waals surface area contributed by atoms with E-state index in [0.717, 1.165) is 80.4 Å². The molecule has 2 aromatic heterocycles. The zero-order chi connectivity index (χ0) is 22.8. The number of hydrogen-bond acceptors (Lipinski definition) is 5.